The monoisotopic (exact) mass is 332 g/mol. The summed E-state index contributed by atoms with van der Waals surface area (Å²) in [6.07, 6.45) is 1.11. The van der Waals surface area contributed by atoms with Crippen LogP contribution in [0.4, 0.5) is 0 Å². The third kappa shape index (κ3) is 5.19. The van der Waals surface area contributed by atoms with Gasteiger partial charge in [-0.2, -0.15) is 0 Å². The first-order valence-electron chi connectivity index (χ1n) is 6.59. The first kappa shape index (κ1) is 19.7. The Morgan fingerprint density at radius 3 is 2.62 bits per heavy atom. The highest BCUT2D eigenvalue weighted by atomic mass is 35.5. The van der Waals surface area contributed by atoms with Crippen molar-refractivity contribution in [2.45, 2.75) is 38.8 Å². The molecule has 5 nitrogen and oxygen atoms in total. The predicted molar refractivity (Wildman–Crippen MR) is 90.0 cm³/mol. The Labute approximate surface area is 136 Å². The Hall–Kier alpha value is -1.30. The largest absolute Gasteiger partial charge is 0.346 e. The van der Waals surface area contributed by atoms with E-state index in [1.165, 1.54) is 0 Å². The van der Waals surface area contributed by atoms with Crippen LogP contribution in [0.1, 0.15) is 38.6 Å². The number of nitrogens with zero attached hydrogens (tertiary/aromatic N) is 1. The zero-order chi connectivity index (χ0) is 13.8. The molecule has 4 N–H and O–H groups in total. The summed E-state index contributed by atoms with van der Waals surface area (Å²) in [5.41, 5.74) is 7.52. The van der Waals surface area contributed by atoms with Crippen LogP contribution in [-0.4, -0.2) is 21.9 Å². The SMILES string of the molecule is CCC(NC(=O)CC(C)N)c1nc2ccccc2[nH]1.Cl.Cl. The van der Waals surface area contributed by atoms with E-state index in [0.29, 0.717) is 6.42 Å². The molecule has 2 aromatic rings. The molecule has 0 aliphatic carbocycles. The van der Waals surface area contributed by atoms with Gasteiger partial charge in [0.05, 0.1) is 17.1 Å². The second-order valence-corrected chi connectivity index (χ2v) is 4.85. The van der Waals surface area contributed by atoms with E-state index in [0.717, 1.165) is 23.3 Å². The second kappa shape index (κ2) is 8.87. The van der Waals surface area contributed by atoms with Gasteiger partial charge in [-0.05, 0) is 25.5 Å². The average molecular weight is 333 g/mol. The first-order chi connectivity index (χ1) is 9.10. The van der Waals surface area contributed by atoms with Crippen molar-refractivity contribution in [2.75, 3.05) is 0 Å². The molecule has 1 aromatic carbocycles. The lowest BCUT2D eigenvalue weighted by Crippen LogP contribution is -2.33. The van der Waals surface area contributed by atoms with Crippen molar-refractivity contribution < 1.29 is 4.79 Å². The fourth-order valence-corrected chi connectivity index (χ4v) is 2.05. The van der Waals surface area contributed by atoms with Crippen molar-refractivity contribution >= 4 is 41.8 Å². The van der Waals surface area contributed by atoms with Crippen LogP contribution in [0.5, 0.6) is 0 Å². The highest BCUT2D eigenvalue weighted by Crippen LogP contribution is 2.18. The number of hydrogen-bond acceptors (Lipinski definition) is 3. The highest BCUT2D eigenvalue weighted by molar-refractivity contribution is 5.85. The Kier molecular flexibility index (Phi) is 8.32. The van der Waals surface area contributed by atoms with Gasteiger partial charge in [0, 0.05) is 12.5 Å². The highest BCUT2D eigenvalue weighted by Gasteiger charge is 2.16. The maximum absolute atomic E-state index is 11.8. The molecule has 7 heteroatoms. The first-order valence-corrected chi connectivity index (χ1v) is 6.59. The summed E-state index contributed by atoms with van der Waals surface area (Å²) in [7, 11) is 0. The molecule has 2 unspecified atom stereocenters. The lowest BCUT2D eigenvalue weighted by Gasteiger charge is -2.15. The summed E-state index contributed by atoms with van der Waals surface area (Å²) in [5, 5.41) is 2.96. The molecule has 0 bridgehead atoms. The number of benzene rings is 1. The summed E-state index contributed by atoms with van der Waals surface area (Å²) in [6.45, 7) is 3.84. The number of carbonyl (C=O) groups is 1. The van der Waals surface area contributed by atoms with Crippen LogP contribution in [0.25, 0.3) is 11.0 Å². The lowest BCUT2D eigenvalue weighted by atomic mass is 10.2. The minimum Gasteiger partial charge on any atom is -0.346 e. The molecule has 1 heterocycles. The van der Waals surface area contributed by atoms with Crippen LogP contribution in [-0.2, 0) is 4.79 Å². The van der Waals surface area contributed by atoms with Crippen molar-refractivity contribution in [3.8, 4) is 0 Å². The minimum absolute atomic E-state index is 0. The molecule has 1 amide bonds. The number of imidazole rings is 1. The van der Waals surface area contributed by atoms with Gasteiger partial charge < -0.3 is 16.0 Å². The number of aromatic amines is 1. The van der Waals surface area contributed by atoms with Gasteiger partial charge in [0.2, 0.25) is 5.91 Å². The quantitative estimate of drug-likeness (QED) is 0.787. The Morgan fingerprint density at radius 2 is 2.05 bits per heavy atom. The second-order valence-electron chi connectivity index (χ2n) is 4.85. The summed E-state index contributed by atoms with van der Waals surface area (Å²) >= 11 is 0. The van der Waals surface area contributed by atoms with E-state index >= 15 is 0 Å². The number of para-hydroxylation sites is 2. The number of rotatable bonds is 5. The van der Waals surface area contributed by atoms with Gasteiger partial charge in [-0.15, -0.1) is 24.8 Å². The zero-order valence-electron chi connectivity index (χ0n) is 12.1. The summed E-state index contributed by atoms with van der Waals surface area (Å²) in [4.78, 5) is 19.5. The molecule has 0 fully saturated rings. The third-order valence-electron chi connectivity index (χ3n) is 2.99. The van der Waals surface area contributed by atoms with Crippen LogP contribution >= 0.6 is 24.8 Å². The van der Waals surface area contributed by atoms with E-state index in [9.17, 15) is 4.79 Å². The maximum atomic E-state index is 11.8. The van der Waals surface area contributed by atoms with Crippen LogP contribution in [0.15, 0.2) is 24.3 Å². The van der Waals surface area contributed by atoms with Gasteiger partial charge in [-0.1, -0.05) is 19.1 Å². The molecule has 0 aliphatic rings. The topological polar surface area (TPSA) is 83.8 Å². The van der Waals surface area contributed by atoms with Crippen molar-refractivity contribution in [1.29, 1.82) is 0 Å². The fourth-order valence-electron chi connectivity index (χ4n) is 2.05. The third-order valence-corrected chi connectivity index (χ3v) is 2.99. The molecule has 0 saturated carbocycles. The van der Waals surface area contributed by atoms with E-state index in [2.05, 4.69) is 15.3 Å². The number of nitrogens with one attached hydrogen (secondary N) is 2. The molecule has 21 heavy (non-hydrogen) atoms. The van der Waals surface area contributed by atoms with Crippen LogP contribution in [0, 0.1) is 0 Å². The molecular weight excluding hydrogens is 311 g/mol. The number of carbonyl (C=O) groups excluding carboxylic acids is 1. The number of nitrogens with two attached hydrogens (primary N) is 1. The maximum Gasteiger partial charge on any atom is 0.222 e. The van der Waals surface area contributed by atoms with E-state index in [1.807, 2.05) is 38.1 Å². The van der Waals surface area contributed by atoms with Crippen molar-refractivity contribution in [2.24, 2.45) is 5.73 Å². The van der Waals surface area contributed by atoms with Crippen molar-refractivity contribution in [3.63, 3.8) is 0 Å². The molecule has 1 aromatic heterocycles. The Bertz CT molecular complexity index is 538. The van der Waals surface area contributed by atoms with Crippen molar-refractivity contribution in [1.82, 2.24) is 15.3 Å². The summed E-state index contributed by atoms with van der Waals surface area (Å²) in [5.74, 6) is 0.754. The van der Waals surface area contributed by atoms with E-state index in [4.69, 9.17) is 5.73 Å². The van der Waals surface area contributed by atoms with Gasteiger partial charge >= 0.3 is 0 Å². The van der Waals surface area contributed by atoms with E-state index < -0.39 is 0 Å². The molecule has 0 aliphatic heterocycles. The zero-order valence-corrected chi connectivity index (χ0v) is 13.8. The molecule has 0 spiro atoms. The minimum atomic E-state index is -0.131. The van der Waals surface area contributed by atoms with Crippen molar-refractivity contribution in [3.05, 3.63) is 30.1 Å². The molecule has 2 rings (SSSR count). The van der Waals surface area contributed by atoms with E-state index in [-0.39, 0.29) is 42.8 Å². The molecule has 0 radical (unpaired) electrons. The molecule has 0 saturated heterocycles. The predicted octanol–water partition coefficient (Wildman–Crippen LogP) is 2.71. The molecule has 118 valence electrons. The van der Waals surface area contributed by atoms with E-state index in [1.54, 1.807) is 0 Å². The number of halogens is 2. The number of fused-ring (bicyclic) bond motifs is 1. The fraction of sp³-hybridized carbons (Fsp3) is 0.429. The Morgan fingerprint density at radius 1 is 1.38 bits per heavy atom. The van der Waals surface area contributed by atoms with Crippen LogP contribution in [0.3, 0.4) is 0 Å². The lowest BCUT2D eigenvalue weighted by molar-refractivity contribution is -0.122. The summed E-state index contributed by atoms with van der Waals surface area (Å²) in [6, 6.07) is 7.60. The molecule has 2 atom stereocenters. The average Bonchev–Trinajstić information content (AvgIpc) is 2.78. The van der Waals surface area contributed by atoms with Gasteiger partial charge in [0.15, 0.2) is 0 Å². The van der Waals surface area contributed by atoms with Crippen LogP contribution < -0.4 is 11.1 Å². The van der Waals surface area contributed by atoms with Gasteiger partial charge in [0.1, 0.15) is 5.82 Å². The van der Waals surface area contributed by atoms with Gasteiger partial charge in [0.25, 0.3) is 0 Å². The smallest absolute Gasteiger partial charge is 0.222 e. The van der Waals surface area contributed by atoms with Gasteiger partial charge in [-0.3, -0.25) is 4.79 Å². The standard InChI is InChI=1S/C14H20N4O.2ClH/c1-3-10(16-13(19)8-9(2)15)14-17-11-6-4-5-7-12(11)18-14;;/h4-7,9-10H,3,8,15H2,1-2H3,(H,16,19)(H,17,18);2*1H. The number of amides is 1. The summed E-state index contributed by atoms with van der Waals surface area (Å²) < 4.78 is 0. The number of aromatic nitrogens is 2. The van der Waals surface area contributed by atoms with Crippen LogP contribution in [0.2, 0.25) is 0 Å². The molecular formula is C14H22Cl2N4O. The normalized spacial score (nSPS) is 12.9. The van der Waals surface area contributed by atoms with Gasteiger partial charge in [-0.25, -0.2) is 4.98 Å². The number of H-pyrrole nitrogens is 1. The number of hydrogen-bond donors (Lipinski definition) is 3. The Balaban J connectivity index is 0.00000200.